The number of rotatable bonds is 7. The Kier molecular flexibility index (Phi) is 7.07. The van der Waals surface area contributed by atoms with Gasteiger partial charge < -0.3 is 21.2 Å². The van der Waals surface area contributed by atoms with Gasteiger partial charge in [-0.05, 0) is 27.3 Å². The van der Waals surface area contributed by atoms with Crippen LogP contribution in [0.4, 0.5) is 0 Å². The maximum Gasteiger partial charge on any atom is 0.156 e. The van der Waals surface area contributed by atoms with E-state index < -0.39 is 0 Å². The van der Waals surface area contributed by atoms with Crippen LogP contribution in [0.2, 0.25) is 0 Å². The lowest BCUT2D eigenvalue weighted by Gasteiger charge is -2.24. The van der Waals surface area contributed by atoms with Gasteiger partial charge in [-0.15, -0.1) is 0 Å². The van der Waals surface area contributed by atoms with E-state index in [1.165, 1.54) is 0 Å². The van der Waals surface area contributed by atoms with Gasteiger partial charge in [0.25, 0.3) is 0 Å². The van der Waals surface area contributed by atoms with Crippen molar-refractivity contribution in [3.05, 3.63) is 0 Å². The number of nitrogens with zero attached hydrogens (tertiary/aromatic N) is 2. The van der Waals surface area contributed by atoms with E-state index in [1.807, 2.05) is 6.92 Å². The van der Waals surface area contributed by atoms with E-state index in [9.17, 15) is 0 Å². The van der Waals surface area contributed by atoms with Gasteiger partial charge in [-0.25, -0.2) is 0 Å². The van der Waals surface area contributed by atoms with Crippen molar-refractivity contribution in [1.82, 2.24) is 10.2 Å². The second-order valence-corrected chi connectivity index (χ2v) is 3.94. The summed E-state index contributed by atoms with van der Waals surface area (Å²) >= 11 is 0. The highest BCUT2D eigenvalue weighted by Crippen LogP contribution is 1.98. The molecule has 0 radical (unpaired) electrons. The quantitative estimate of drug-likeness (QED) is 0.250. The standard InChI is InChI=1S/C10H24N4O/c1-5-8(2)14(4)7-6-12-9(3)10(11)13-15/h8-9,12,15H,5-7H2,1-4H3,(H2,11,13). The maximum atomic E-state index is 8.45. The molecule has 0 aromatic rings. The molecule has 0 spiro atoms. The van der Waals surface area contributed by atoms with Crippen LogP contribution in [0.15, 0.2) is 5.16 Å². The van der Waals surface area contributed by atoms with Gasteiger partial charge in [0, 0.05) is 19.1 Å². The monoisotopic (exact) mass is 216 g/mol. The van der Waals surface area contributed by atoms with Crippen molar-refractivity contribution in [2.24, 2.45) is 10.9 Å². The van der Waals surface area contributed by atoms with Crippen molar-refractivity contribution in [1.29, 1.82) is 0 Å². The highest BCUT2D eigenvalue weighted by molar-refractivity contribution is 5.84. The van der Waals surface area contributed by atoms with Crippen molar-refractivity contribution in [3.8, 4) is 0 Å². The van der Waals surface area contributed by atoms with Gasteiger partial charge in [-0.1, -0.05) is 12.1 Å². The molecule has 15 heavy (non-hydrogen) atoms. The Balaban J connectivity index is 3.70. The van der Waals surface area contributed by atoms with Crippen LogP contribution in [-0.4, -0.2) is 48.2 Å². The van der Waals surface area contributed by atoms with Crippen molar-refractivity contribution >= 4 is 5.84 Å². The second-order valence-electron chi connectivity index (χ2n) is 3.94. The molecule has 0 aliphatic heterocycles. The van der Waals surface area contributed by atoms with Crippen LogP contribution < -0.4 is 11.1 Å². The van der Waals surface area contributed by atoms with Gasteiger partial charge in [-0.3, -0.25) is 0 Å². The molecule has 5 heteroatoms. The maximum absolute atomic E-state index is 8.45. The number of oxime groups is 1. The highest BCUT2D eigenvalue weighted by atomic mass is 16.4. The first-order chi connectivity index (χ1) is 7.02. The smallest absolute Gasteiger partial charge is 0.156 e. The fourth-order valence-electron chi connectivity index (χ4n) is 1.18. The lowest BCUT2D eigenvalue weighted by molar-refractivity contribution is 0.250. The Morgan fingerprint density at radius 3 is 2.60 bits per heavy atom. The molecule has 0 amide bonds. The molecule has 0 fully saturated rings. The molecule has 0 saturated carbocycles. The molecule has 0 aromatic heterocycles. The van der Waals surface area contributed by atoms with Crippen molar-refractivity contribution in [2.45, 2.75) is 39.3 Å². The van der Waals surface area contributed by atoms with E-state index in [-0.39, 0.29) is 11.9 Å². The minimum Gasteiger partial charge on any atom is -0.409 e. The number of amidine groups is 1. The summed E-state index contributed by atoms with van der Waals surface area (Å²) in [5, 5.41) is 14.6. The van der Waals surface area contributed by atoms with Gasteiger partial charge in [0.1, 0.15) is 0 Å². The van der Waals surface area contributed by atoms with Crippen molar-refractivity contribution in [3.63, 3.8) is 0 Å². The molecule has 90 valence electrons. The third kappa shape index (κ3) is 5.59. The Morgan fingerprint density at radius 2 is 2.13 bits per heavy atom. The van der Waals surface area contributed by atoms with E-state index in [4.69, 9.17) is 10.9 Å². The molecule has 0 rings (SSSR count). The third-order valence-electron chi connectivity index (χ3n) is 2.82. The number of nitrogens with two attached hydrogens (primary N) is 1. The van der Waals surface area contributed by atoms with Gasteiger partial charge in [0.15, 0.2) is 5.84 Å². The Hall–Kier alpha value is -0.810. The Labute approximate surface area is 92.3 Å². The van der Waals surface area contributed by atoms with E-state index in [0.717, 1.165) is 19.5 Å². The summed E-state index contributed by atoms with van der Waals surface area (Å²) in [7, 11) is 2.10. The summed E-state index contributed by atoms with van der Waals surface area (Å²) in [6.45, 7) is 8.04. The molecule has 0 aliphatic rings. The SMILES string of the molecule is CCC(C)N(C)CCNC(C)C(N)=NO. The predicted molar refractivity (Wildman–Crippen MR) is 63.3 cm³/mol. The lowest BCUT2D eigenvalue weighted by atomic mass is 10.2. The zero-order valence-corrected chi connectivity index (χ0v) is 10.2. The van der Waals surface area contributed by atoms with Crippen LogP contribution in [0.25, 0.3) is 0 Å². The first-order valence-electron chi connectivity index (χ1n) is 5.43. The third-order valence-corrected chi connectivity index (χ3v) is 2.82. The predicted octanol–water partition coefficient (Wildman–Crippen LogP) is 0.441. The zero-order chi connectivity index (χ0) is 11.8. The van der Waals surface area contributed by atoms with Gasteiger partial charge >= 0.3 is 0 Å². The summed E-state index contributed by atoms with van der Waals surface area (Å²) in [6, 6.07) is 0.506. The van der Waals surface area contributed by atoms with E-state index >= 15 is 0 Å². The zero-order valence-electron chi connectivity index (χ0n) is 10.2. The Morgan fingerprint density at radius 1 is 1.53 bits per heavy atom. The summed E-state index contributed by atoms with van der Waals surface area (Å²) in [5.41, 5.74) is 5.44. The average Bonchev–Trinajstić information content (AvgIpc) is 2.26. The number of hydrogen-bond acceptors (Lipinski definition) is 4. The first kappa shape index (κ1) is 14.2. The van der Waals surface area contributed by atoms with Crippen LogP contribution >= 0.6 is 0 Å². The minimum atomic E-state index is -0.0830. The van der Waals surface area contributed by atoms with Crippen LogP contribution in [0.5, 0.6) is 0 Å². The number of hydrogen-bond donors (Lipinski definition) is 3. The molecular weight excluding hydrogens is 192 g/mol. The fraction of sp³-hybridized carbons (Fsp3) is 0.900. The molecule has 2 atom stereocenters. The van der Waals surface area contributed by atoms with Gasteiger partial charge in [-0.2, -0.15) is 0 Å². The normalized spacial score (nSPS) is 16.7. The molecule has 0 saturated heterocycles. The summed E-state index contributed by atoms with van der Waals surface area (Å²) in [5.74, 6) is 0.223. The van der Waals surface area contributed by atoms with Crippen molar-refractivity contribution in [2.75, 3.05) is 20.1 Å². The van der Waals surface area contributed by atoms with E-state index in [2.05, 4.69) is 36.3 Å². The summed E-state index contributed by atoms with van der Waals surface area (Å²) in [4.78, 5) is 2.28. The topological polar surface area (TPSA) is 73.9 Å². The van der Waals surface area contributed by atoms with E-state index in [0.29, 0.717) is 6.04 Å². The van der Waals surface area contributed by atoms with Gasteiger partial charge in [0.05, 0.1) is 6.04 Å². The molecule has 0 bridgehead atoms. The van der Waals surface area contributed by atoms with Crippen molar-refractivity contribution < 1.29 is 5.21 Å². The minimum absolute atomic E-state index is 0.0830. The summed E-state index contributed by atoms with van der Waals surface area (Å²) < 4.78 is 0. The molecule has 0 heterocycles. The fourth-order valence-corrected chi connectivity index (χ4v) is 1.18. The van der Waals surface area contributed by atoms with Gasteiger partial charge in [0.2, 0.25) is 0 Å². The molecular formula is C10H24N4O. The average molecular weight is 216 g/mol. The number of likely N-dealkylation sites (N-methyl/N-ethyl adjacent to an activating group) is 1. The first-order valence-corrected chi connectivity index (χ1v) is 5.43. The van der Waals surface area contributed by atoms with Crippen LogP contribution in [0.1, 0.15) is 27.2 Å². The highest BCUT2D eigenvalue weighted by Gasteiger charge is 2.08. The molecule has 4 N–H and O–H groups in total. The van der Waals surface area contributed by atoms with Crippen LogP contribution in [0, 0.1) is 0 Å². The Bertz CT molecular complexity index is 196. The van der Waals surface area contributed by atoms with Crippen LogP contribution in [-0.2, 0) is 0 Å². The lowest BCUT2D eigenvalue weighted by Crippen LogP contribution is -2.43. The summed E-state index contributed by atoms with van der Waals surface area (Å²) in [6.07, 6.45) is 1.15. The number of nitrogens with one attached hydrogen (secondary N) is 1. The largest absolute Gasteiger partial charge is 0.409 e. The van der Waals surface area contributed by atoms with E-state index in [1.54, 1.807) is 0 Å². The molecule has 2 unspecified atom stereocenters. The second kappa shape index (κ2) is 7.48. The molecule has 5 nitrogen and oxygen atoms in total. The molecule has 0 aliphatic carbocycles. The van der Waals surface area contributed by atoms with Crippen LogP contribution in [0.3, 0.4) is 0 Å². The molecule has 0 aromatic carbocycles.